The average Bonchev–Trinajstić information content (AvgIpc) is 2.87. The Morgan fingerprint density at radius 2 is 1.56 bits per heavy atom. The van der Waals surface area contributed by atoms with Crippen LogP contribution in [0, 0.1) is 0 Å². The molecule has 0 atom stereocenters. The lowest BCUT2D eigenvalue weighted by atomic mass is 10.1. The minimum Gasteiger partial charge on any atom is -0.434 e. The predicted molar refractivity (Wildman–Crippen MR) is 159 cm³/mol. The number of hydrogen-bond donors (Lipinski definition) is 2. The van der Waals surface area contributed by atoms with E-state index in [1.807, 2.05) is 24.3 Å². The lowest BCUT2D eigenvalue weighted by Crippen LogP contribution is -2.56. The summed E-state index contributed by atoms with van der Waals surface area (Å²) < 4.78 is 12.6. The van der Waals surface area contributed by atoms with E-state index in [4.69, 9.17) is 14.9 Å². The summed E-state index contributed by atoms with van der Waals surface area (Å²) in [4.78, 5) is 56.3. The highest BCUT2D eigenvalue weighted by Gasteiger charge is 2.38. The van der Waals surface area contributed by atoms with Crippen LogP contribution in [0.3, 0.4) is 0 Å². The fourth-order valence-corrected chi connectivity index (χ4v) is 5.16. The summed E-state index contributed by atoms with van der Waals surface area (Å²) in [6.07, 6.45) is 1.32. The topological polar surface area (TPSA) is 149 Å². The van der Waals surface area contributed by atoms with E-state index in [-0.39, 0.29) is 37.0 Å². The van der Waals surface area contributed by atoms with Crippen molar-refractivity contribution >= 4 is 32.2 Å². The summed E-state index contributed by atoms with van der Waals surface area (Å²) in [6.45, 7) is 15.7. The summed E-state index contributed by atoms with van der Waals surface area (Å²) >= 11 is 0. The molecule has 0 unspecified atom stereocenters. The van der Waals surface area contributed by atoms with Gasteiger partial charge in [0.25, 0.3) is 5.91 Å². The van der Waals surface area contributed by atoms with Gasteiger partial charge in [-0.2, -0.15) is 4.98 Å². The highest BCUT2D eigenvalue weighted by atomic mass is 28.4. The van der Waals surface area contributed by atoms with E-state index in [0.29, 0.717) is 12.3 Å². The Labute approximate surface area is 241 Å². The number of benzene rings is 1. The molecule has 3 N–H and O–H groups in total. The average molecular weight is 587 g/mol. The molecule has 2 aromatic rings. The van der Waals surface area contributed by atoms with Crippen LogP contribution in [0.4, 0.5) is 15.4 Å². The van der Waals surface area contributed by atoms with Gasteiger partial charge in [-0.15, -0.1) is 0 Å². The number of amides is 4. The number of carbonyl (C=O) groups excluding carboxylic acids is 3. The first-order valence-corrected chi connectivity index (χ1v) is 16.6. The molecule has 2 heterocycles. The Kier molecular flexibility index (Phi) is 9.65. The molecule has 224 valence electrons. The van der Waals surface area contributed by atoms with Crippen LogP contribution in [0.15, 0.2) is 41.3 Å². The first kappa shape index (κ1) is 31.8. The van der Waals surface area contributed by atoms with Gasteiger partial charge in [0.2, 0.25) is 0 Å². The maximum Gasteiger partial charge on any atom is 0.405 e. The maximum absolute atomic E-state index is 12.8. The van der Waals surface area contributed by atoms with Gasteiger partial charge in [-0.25, -0.2) is 14.4 Å². The molecular formula is C28H42N6O6Si. The summed E-state index contributed by atoms with van der Waals surface area (Å²) in [7, 11) is -1.80. The minimum atomic E-state index is -1.80. The maximum atomic E-state index is 12.8. The van der Waals surface area contributed by atoms with Crippen molar-refractivity contribution in [1.82, 2.24) is 19.4 Å². The van der Waals surface area contributed by atoms with Gasteiger partial charge in [0.05, 0.1) is 5.69 Å². The normalized spacial score (nSPS) is 14.5. The fourth-order valence-electron chi connectivity index (χ4n) is 4.11. The van der Waals surface area contributed by atoms with E-state index in [9.17, 15) is 19.2 Å². The zero-order valence-electron chi connectivity index (χ0n) is 25.0. The van der Waals surface area contributed by atoms with E-state index in [0.717, 1.165) is 12.0 Å². The number of nitrogens with two attached hydrogens (primary N) is 1. The van der Waals surface area contributed by atoms with Crippen molar-refractivity contribution in [3.05, 3.63) is 52.6 Å². The number of anilines is 1. The van der Waals surface area contributed by atoms with Crippen molar-refractivity contribution in [3.8, 4) is 5.69 Å². The Bertz CT molecular complexity index is 1310. The SMILES string of the molecule is CC(C)(OC(N)=O)C(=O)N1CCN(C(=O)Nc2ccn(-c3ccc(CCO[Si](C)(C)C(C)(C)C)cc3)c(=O)n2)CC1. The highest BCUT2D eigenvalue weighted by Crippen LogP contribution is 2.36. The monoisotopic (exact) mass is 586 g/mol. The second kappa shape index (κ2) is 12.4. The lowest BCUT2D eigenvalue weighted by Gasteiger charge is -2.37. The fraction of sp³-hybridized carbons (Fsp3) is 0.536. The van der Waals surface area contributed by atoms with Crippen molar-refractivity contribution in [2.24, 2.45) is 5.73 Å². The Morgan fingerprint density at radius 3 is 2.10 bits per heavy atom. The molecule has 13 heteroatoms. The third-order valence-electron chi connectivity index (χ3n) is 7.64. The molecule has 4 amide bonds. The molecule has 41 heavy (non-hydrogen) atoms. The summed E-state index contributed by atoms with van der Waals surface area (Å²) in [5.41, 5.74) is 4.91. The molecule has 1 fully saturated rings. The van der Waals surface area contributed by atoms with Crippen LogP contribution in [0.25, 0.3) is 5.69 Å². The number of nitrogens with zero attached hydrogens (tertiary/aromatic N) is 4. The molecular weight excluding hydrogens is 544 g/mol. The van der Waals surface area contributed by atoms with E-state index >= 15 is 0 Å². The van der Waals surface area contributed by atoms with Gasteiger partial charge in [0.15, 0.2) is 13.9 Å². The molecule has 0 spiro atoms. The largest absolute Gasteiger partial charge is 0.434 e. The minimum absolute atomic E-state index is 0.130. The summed E-state index contributed by atoms with van der Waals surface area (Å²) in [5.74, 6) is -0.265. The van der Waals surface area contributed by atoms with Gasteiger partial charge in [0.1, 0.15) is 5.82 Å². The number of piperazine rings is 1. The third-order valence-corrected chi connectivity index (χ3v) is 12.2. The van der Waals surface area contributed by atoms with Crippen LogP contribution in [-0.2, 0) is 20.4 Å². The van der Waals surface area contributed by atoms with Crippen LogP contribution in [-0.4, -0.2) is 84.1 Å². The van der Waals surface area contributed by atoms with Crippen LogP contribution in [0.2, 0.25) is 18.1 Å². The van der Waals surface area contributed by atoms with Gasteiger partial charge >= 0.3 is 17.8 Å². The van der Waals surface area contributed by atoms with Gasteiger partial charge < -0.3 is 24.7 Å². The van der Waals surface area contributed by atoms with Crippen molar-refractivity contribution in [2.75, 3.05) is 38.1 Å². The van der Waals surface area contributed by atoms with Crippen molar-refractivity contribution in [2.45, 2.75) is 64.8 Å². The molecule has 0 bridgehead atoms. The second-order valence-corrected chi connectivity index (χ2v) is 16.9. The molecule has 1 aromatic carbocycles. The Hall–Kier alpha value is -3.71. The van der Waals surface area contributed by atoms with E-state index < -0.39 is 37.6 Å². The molecule has 12 nitrogen and oxygen atoms in total. The Balaban J connectivity index is 1.54. The number of nitrogens with one attached hydrogen (secondary N) is 1. The molecule has 3 rings (SSSR count). The molecule has 0 aliphatic carbocycles. The van der Waals surface area contributed by atoms with Crippen molar-refractivity contribution in [1.29, 1.82) is 0 Å². The van der Waals surface area contributed by atoms with Crippen molar-refractivity contribution < 1.29 is 23.5 Å². The second-order valence-electron chi connectivity index (χ2n) is 12.1. The number of primary amides is 1. The van der Waals surface area contributed by atoms with Crippen LogP contribution in [0.5, 0.6) is 0 Å². The number of rotatable bonds is 8. The lowest BCUT2D eigenvalue weighted by molar-refractivity contribution is -0.149. The molecule has 0 radical (unpaired) electrons. The van der Waals surface area contributed by atoms with E-state index in [2.05, 4.69) is 44.2 Å². The standard InChI is InChI=1S/C28H42N6O6Si/c1-27(2,3)41(6,7)39-19-13-20-8-10-21(11-9-20)34-14-12-22(31-26(34)38)30-25(37)33-17-15-32(16-18-33)23(35)28(4,5)40-24(29)36/h8-12,14H,13,15-19H2,1-7H3,(H2,29,36)(H,30,31,37,38). The van der Waals surface area contributed by atoms with Crippen LogP contribution >= 0.6 is 0 Å². The van der Waals surface area contributed by atoms with E-state index in [1.165, 1.54) is 28.2 Å². The summed E-state index contributed by atoms with van der Waals surface area (Å²) in [6, 6.07) is 8.79. The number of urea groups is 1. The molecule has 1 aliphatic rings. The quantitative estimate of drug-likeness (QED) is 0.451. The van der Waals surface area contributed by atoms with Gasteiger partial charge in [-0.3, -0.25) is 14.7 Å². The smallest absolute Gasteiger partial charge is 0.405 e. The molecule has 1 saturated heterocycles. The zero-order chi connectivity index (χ0) is 30.6. The van der Waals surface area contributed by atoms with Gasteiger partial charge in [0, 0.05) is 39.0 Å². The Morgan fingerprint density at radius 1 is 0.976 bits per heavy atom. The highest BCUT2D eigenvalue weighted by molar-refractivity contribution is 6.74. The van der Waals surface area contributed by atoms with Crippen molar-refractivity contribution in [3.63, 3.8) is 0 Å². The van der Waals surface area contributed by atoms with Crippen LogP contribution in [0.1, 0.15) is 40.2 Å². The first-order valence-electron chi connectivity index (χ1n) is 13.7. The van der Waals surface area contributed by atoms with E-state index in [1.54, 1.807) is 12.3 Å². The first-order chi connectivity index (χ1) is 19.0. The molecule has 0 saturated carbocycles. The zero-order valence-corrected chi connectivity index (χ0v) is 26.0. The summed E-state index contributed by atoms with van der Waals surface area (Å²) in [5, 5.41) is 2.81. The third kappa shape index (κ3) is 8.16. The number of hydrogen-bond acceptors (Lipinski definition) is 7. The molecule has 1 aromatic heterocycles. The van der Waals surface area contributed by atoms with Gasteiger partial charge in [-0.05, 0) is 62.2 Å². The molecule has 1 aliphatic heterocycles. The number of carbonyl (C=O) groups is 3. The number of ether oxygens (including phenoxy) is 1. The van der Waals surface area contributed by atoms with Gasteiger partial charge in [-0.1, -0.05) is 32.9 Å². The predicted octanol–water partition coefficient (Wildman–Crippen LogP) is 3.35. The van der Waals surface area contributed by atoms with Crippen LogP contribution < -0.4 is 16.7 Å². The number of aromatic nitrogens is 2.